The number of aryl methyl sites for hydroxylation is 2. The second-order valence-corrected chi connectivity index (χ2v) is 9.20. The van der Waals surface area contributed by atoms with Gasteiger partial charge < -0.3 is 14.5 Å². The molecule has 0 radical (unpaired) electrons. The van der Waals surface area contributed by atoms with Crippen molar-refractivity contribution in [2.24, 2.45) is 0 Å². The summed E-state index contributed by atoms with van der Waals surface area (Å²) in [5, 5.41) is 0. The number of methoxy groups -OCH3 is 1. The number of likely N-dealkylation sites (N-methyl/N-ethyl adjacent to an activating group) is 1. The summed E-state index contributed by atoms with van der Waals surface area (Å²) >= 11 is 0. The Morgan fingerprint density at radius 2 is 1.81 bits per heavy atom. The number of piperidine rings is 1. The molecule has 2 saturated heterocycles. The first-order valence-electron chi connectivity index (χ1n) is 12.1. The van der Waals surface area contributed by atoms with Crippen molar-refractivity contribution in [3.63, 3.8) is 0 Å². The van der Waals surface area contributed by atoms with Crippen LogP contribution in [0.1, 0.15) is 48.8 Å². The Labute approximate surface area is 192 Å². The zero-order chi connectivity index (χ0) is 22.3. The molecule has 0 spiro atoms. The lowest BCUT2D eigenvalue weighted by molar-refractivity contribution is 0.0101. The molecule has 5 rings (SSSR count). The molecule has 0 amide bonds. The van der Waals surface area contributed by atoms with Gasteiger partial charge in [-0.1, -0.05) is 6.07 Å². The molecule has 2 fully saturated rings. The maximum absolute atomic E-state index is 5.54. The second-order valence-electron chi connectivity index (χ2n) is 9.20. The molecular formula is C25H38N6O. The first-order valence-corrected chi connectivity index (χ1v) is 12.1. The molecule has 2 aromatic heterocycles. The highest BCUT2D eigenvalue weighted by molar-refractivity contribution is 5.37. The molecule has 174 valence electrons. The number of rotatable bonds is 3. The van der Waals surface area contributed by atoms with Crippen LogP contribution in [-0.4, -0.2) is 84.3 Å². The number of nitrogens with zero attached hydrogens (tertiary/aromatic N) is 6. The Hall–Kier alpha value is -2.09. The van der Waals surface area contributed by atoms with Gasteiger partial charge in [-0.05, 0) is 70.3 Å². The van der Waals surface area contributed by atoms with E-state index in [0.29, 0.717) is 12.1 Å². The molecule has 4 heterocycles. The molecule has 2 aliphatic heterocycles. The summed E-state index contributed by atoms with van der Waals surface area (Å²) in [4.78, 5) is 20.4. The fourth-order valence-electron chi connectivity index (χ4n) is 5.04. The van der Waals surface area contributed by atoms with Crippen LogP contribution in [0.15, 0.2) is 30.6 Å². The molecule has 0 unspecified atom stereocenters. The van der Waals surface area contributed by atoms with E-state index in [2.05, 4.69) is 48.8 Å². The Morgan fingerprint density at radius 3 is 2.59 bits per heavy atom. The van der Waals surface area contributed by atoms with Crippen LogP contribution in [-0.2, 0) is 11.2 Å². The number of anilines is 1. The normalized spacial score (nSPS) is 24.4. The lowest BCUT2D eigenvalue weighted by Crippen LogP contribution is -2.44. The average Bonchev–Trinajstić information content (AvgIpc) is 2.84. The van der Waals surface area contributed by atoms with E-state index in [9.17, 15) is 0 Å². The van der Waals surface area contributed by atoms with E-state index in [1.165, 1.54) is 49.9 Å². The van der Waals surface area contributed by atoms with E-state index >= 15 is 0 Å². The Balaban J connectivity index is 0.000000158. The zero-order valence-corrected chi connectivity index (χ0v) is 19.9. The first-order chi connectivity index (χ1) is 15.6. The third-order valence-electron chi connectivity index (χ3n) is 6.94. The Bertz CT molecular complexity index is 854. The summed E-state index contributed by atoms with van der Waals surface area (Å²) in [6.07, 6.45) is 10.4. The quantitative estimate of drug-likeness (QED) is 0.730. The number of pyridine rings is 1. The van der Waals surface area contributed by atoms with Crippen molar-refractivity contribution in [1.29, 1.82) is 0 Å². The fourth-order valence-corrected chi connectivity index (χ4v) is 5.04. The van der Waals surface area contributed by atoms with Gasteiger partial charge in [0.15, 0.2) is 0 Å². The lowest BCUT2D eigenvalue weighted by atomic mass is 9.89. The van der Waals surface area contributed by atoms with E-state index in [1.54, 1.807) is 0 Å². The average molecular weight is 439 g/mol. The van der Waals surface area contributed by atoms with Gasteiger partial charge in [0.25, 0.3) is 0 Å². The van der Waals surface area contributed by atoms with E-state index in [-0.39, 0.29) is 0 Å². The number of hydrogen-bond donors (Lipinski definition) is 0. The maximum Gasteiger partial charge on any atom is 0.132 e. The third kappa shape index (κ3) is 5.82. The number of hydrogen-bond acceptors (Lipinski definition) is 7. The van der Waals surface area contributed by atoms with E-state index < -0.39 is 0 Å². The van der Waals surface area contributed by atoms with Gasteiger partial charge in [0.2, 0.25) is 0 Å². The van der Waals surface area contributed by atoms with Crippen LogP contribution in [0.4, 0.5) is 5.82 Å². The van der Waals surface area contributed by atoms with Crippen LogP contribution < -0.4 is 4.90 Å². The highest BCUT2D eigenvalue weighted by atomic mass is 16.5. The van der Waals surface area contributed by atoms with Crippen LogP contribution in [0.25, 0.3) is 0 Å². The summed E-state index contributed by atoms with van der Waals surface area (Å²) in [5.41, 5.74) is 2.77. The summed E-state index contributed by atoms with van der Waals surface area (Å²) in [6.45, 7) is 8.54. The predicted octanol–water partition coefficient (Wildman–Crippen LogP) is 3.11. The monoisotopic (exact) mass is 438 g/mol. The van der Waals surface area contributed by atoms with Crippen molar-refractivity contribution in [1.82, 2.24) is 24.8 Å². The van der Waals surface area contributed by atoms with Gasteiger partial charge in [0, 0.05) is 52.2 Å². The molecule has 2 aromatic rings. The van der Waals surface area contributed by atoms with Crippen LogP contribution in [0.3, 0.4) is 0 Å². The lowest BCUT2D eigenvalue weighted by Gasteiger charge is -2.39. The van der Waals surface area contributed by atoms with Gasteiger partial charge in [-0.25, -0.2) is 9.97 Å². The maximum atomic E-state index is 5.54. The first kappa shape index (κ1) is 23.1. The summed E-state index contributed by atoms with van der Waals surface area (Å²) in [5.74, 6) is 1.91. The van der Waals surface area contributed by atoms with Crippen molar-refractivity contribution in [2.75, 3.05) is 58.3 Å². The number of ether oxygens (including phenoxy) is 1. The minimum atomic E-state index is 0.410. The van der Waals surface area contributed by atoms with E-state index in [0.717, 1.165) is 44.4 Å². The SMILES string of the molecule is CO[C@@H]1CCCN([C@@H]2CCCc3cccnc32)C1.Cc1nccc(N2CCN(C)CC2)n1. The molecule has 0 aromatic carbocycles. The highest BCUT2D eigenvalue weighted by Gasteiger charge is 2.30. The van der Waals surface area contributed by atoms with Crippen LogP contribution in [0.5, 0.6) is 0 Å². The Kier molecular flexibility index (Phi) is 8.05. The van der Waals surface area contributed by atoms with Gasteiger partial charge in [0.1, 0.15) is 11.6 Å². The number of piperazine rings is 1. The van der Waals surface area contributed by atoms with Gasteiger partial charge >= 0.3 is 0 Å². The fraction of sp³-hybridized carbons (Fsp3) is 0.640. The van der Waals surface area contributed by atoms with Crippen molar-refractivity contribution in [2.45, 2.75) is 51.2 Å². The van der Waals surface area contributed by atoms with Crippen LogP contribution in [0.2, 0.25) is 0 Å². The minimum absolute atomic E-state index is 0.410. The van der Waals surface area contributed by atoms with Gasteiger partial charge in [-0.3, -0.25) is 9.88 Å². The minimum Gasteiger partial charge on any atom is -0.380 e. The molecule has 2 atom stereocenters. The zero-order valence-electron chi connectivity index (χ0n) is 19.9. The molecule has 1 aliphatic carbocycles. The van der Waals surface area contributed by atoms with Gasteiger partial charge in [-0.2, -0.15) is 0 Å². The van der Waals surface area contributed by atoms with Crippen molar-refractivity contribution >= 4 is 5.82 Å². The van der Waals surface area contributed by atoms with Crippen LogP contribution >= 0.6 is 0 Å². The molecule has 0 saturated carbocycles. The van der Waals surface area contributed by atoms with Crippen molar-refractivity contribution in [3.05, 3.63) is 47.7 Å². The Morgan fingerprint density at radius 1 is 0.969 bits per heavy atom. The van der Waals surface area contributed by atoms with Gasteiger partial charge in [-0.15, -0.1) is 0 Å². The standard InChI is InChI=1S/C15H22N2O.C10H16N4/c1-18-13-7-4-10-17(11-13)14-8-2-5-12-6-3-9-16-15(12)14;1-9-11-4-3-10(12-9)14-7-5-13(2)6-8-14/h3,6,9,13-14H,2,4-5,7-8,10-11H2,1H3;3-4H,5-8H2,1-2H3/t13-,14-;/m1./s1. The van der Waals surface area contributed by atoms with Crippen molar-refractivity contribution < 1.29 is 4.74 Å². The highest BCUT2D eigenvalue weighted by Crippen LogP contribution is 2.34. The van der Waals surface area contributed by atoms with Crippen molar-refractivity contribution in [3.8, 4) is 0 Å². The number of likely N-dealkylation sites (tertiary alicyclic amines) is 1. The van der Waals surface area contributed by atoms with Crippen LogP contribution in [0, 0.1) is 6.92 Å². The van der Waals surface area contributed by atoms with E-state index in [4.69, 9.17) is 4.74 Å². The number of aromatic nitrogens is 3. The second kappa shape index (κ2) is 11.2. The van der Waals surface area contributed by atoms with E-state index in [1.807, 2.05) is 32.5 Å². The smallest absolute Gasteiger partial charge is 0.132 e. The molecular weight excluding hydrogens is 400 g/mol. The molecule has 7 nitrogen and oxygen atoms in total. The van der Waals surface area contributed by atoms with Gasteiger partial charge in [0.05, 0.1) is 17.8 Å². The third-order valence-corrected chi connectivity index (χ3v) is 6.94. The molecule has 7 heteroatoms. The predicted molar refractivity (Wildman–Crippen MR) is 128 cm³/mol. The summed E-state index contributed by atoms with van der Waals surface area (Å²) in [7, 11) is 3.99. The molecule has 0 N–H and O–H groups in total. The molecule has 32 heavy (non-hydrogen) atoms. The largest absolute Gasteiger partial charge is 0.380 e. The topological polar surface area (TPSA) is 57.6 Å². The summed E-state index contributed by atoms with van der Waals surface area (Å²) < 4.78 is 5.54. The molecule has 0 bridgehead atoms. The molecule has 3 aliphatic rings. The summed E-state index contributed by atoms with van der Waals surface area (Å²) in [6, 6.07) is 6.81. The number of fused-ring (bicyclic) bond motifs is 1.